The summed E-state index contributed by atoms with van der Waals surface area (Å²) in [6.07, 6.45) is 3.45. The molecule has 1 fully saturated rings. The minimum absolute atomic E-state index is 0.0703. The van der Waals surface area contributed by atoms with E-state index in [1.807, 2.05) is 6.92 Å². The molecule has 1 aromatic rings. The molecule has 1 saturated heterocycles. The number of nitrogens with zero attached hydrogens (tertiary/aromatic N) is 2. The quantitative estimate of drug-likeness (QED) is 0.927. The lowest BCUT2D eigenvalue weighted by Gasteiger charge is -2.33. The third-order valence-corrected chi connectivity index (χ3v) is 4.66. The van der Waals surface area contributed by atoms with Crippen molar-refractivity contribution in [1.29, 1.82) is 0 Å². The Morgan fingerprint density at radius 3 is 2.81 bits per heavy atom. The van der Waals surface area contributed by atoms with Crippen molar-refractivity contribution in [1.82, 2.24) is 9.47 Å². The minimum Gasteiger partial charge on any atom is -0.503 e. The average molecular weight is 292 g/mol. The number of hydrogen-bond donors (Lipinski definition) is 1. The molecule has 21 heavy (non-hydrogen) atoms. The summed E-state index contributed by atoms with van der Waals surface area (Å²) in [5, 5.41) is 10.3. The number of pyridine rings is 1. The standard InChI is InChI=1S/C17H28N2O2/c1-5-13(3)19-14(4)9-16(20)17(21)15(19)11-18-8-6-7-12(2)10-18/h9,12-13,21H,5-8,10-11H2,1-4H3. The Hall–Kier alpha value is -1.29. The first-order chi connectivity index (χ1) is 9.93. The van der Waals surface area contributed by atoms with Crippen molar-refractivity contribution in [2.45, 2.75) is 59.5 Å². The highest BCUT2D eigenvalue weighted by molar-refractivity contribution is 5.30. The van der Waals surface area contributed by atoms with Crippen LogP contribution in [0.15, 0.2) is 10.9 Å². The molecule has 0 aliphatic carbocycles. The monoisotopic (exact) mass is 292 g/mol. The largest absolute Gasteiger partial charge is 0.503 e. The normalized spacial score (nSPS) is 21.4. The summed E-state index contributed by atoms with van der Waals surface area (Å²) in [5.74, 6) is 0.619. The van der Waals surface area contributed by atoms with Crippen molar-refractivity contribution in [2.75, 3.05) is 13.1 Å². The lowest BCUT2D eigenvalue weighted by Crippen LogP contribution is -2.35. The number of piperidine rings is 1. The van der Waals surface area contributed by atoms with Gasteiger partial charge in [0.2, 0.25) is 5.43 Å². The van der Waals surface area contributed by atoms with E-state index in [9.17, 15) is 9.90 Å². The van der Waals surface area contributed by atoms with Crippen molar-refractivity contribution < 1.29 is 5.11 Å². The van der Waals surface area contributed by atoms with Crippen LogP contribution in [0, 0.1) is 12.8 Å². The highest BCUT2D eigenvalue weighted by atomic mass is 16.3. The molecule has 1 aromatic heterocycles. The molecule has 0 saturated carbocycles. The summed E-state index contributed by atoms with van der Waals surface area (Å²) < 4.78 is 2.13. The molecule has 1 N–H and O–H groups in total. The number of likely N-dealkylation sites (tertiary alicyclic amines) is 1. The van der Waals surface area contributed by atoms with Crippen LogP contribution in [0.4, 0.5) is 0 Å². The van der Waals surface area contributed by atoms with Crippen LogP contribution < -0.4 is 5.43 Å². The second-order valence-corrected chi connectivity index (χ2v) is 6.56. The van der Waals surface area contributed by atoms with Gasteiger partial charge in [0.05, 0.1) is 5.69 Å². The van der Waals surface area contributed by atoms with E-state index in [0.29, 0.717) is 12.5 Å². The van der Waals surface area contributed by atoms with Crippen LogP contribution in [0.25, 0.3) is 0 Å². The van der Waals surface area contributed by atoms with Gasteiger partial charge in [-0.15, -0.1) is 0 Å². The molecule has 0 radical (unpaired) electrons. The number of rotatable bonds is 4. The topological polar surface area (TPSA) is 45.5 Å². The fourth-order valence-electron chi connectivity index (χ4n) is 3.39. The Balaban J connectivity index is 2.38. The van der Waals surface area contributed by atoms with Gasteiger partial charge in [0, 0.05) is 30.9 Å². The van der Waals surface area contributed by atoms with Crippen molar-refractivity contribution in [3.05, 3.63) is 27.7 Å². The van der Waals surface area contributed by atoms with E-state index in [1.54, 1.807) is 6.07 Å². The summed E-state index contributed by atoms with van der Waals surface area (Å²) in [7, 11) is 0. The van der Waals surface area contributed by atoms with Crippen LogP contribution in [0.3, 0.4) is 0 Å². The van der Waals surface area contributed by atoms with Crippen LogP contribution in [0.2, 0.25) is 0 Å². The van der Waals surface area contributed by atoms with E-state index in [0.717, 1.165) is 30.9 Å². The first-order valence-electron chi connectivity index (χ1n) is 8.10. The Kier molecular flexibility index (Phi) is 5.09. The van der Waals surface area contributed by atoms with Gasteiger partial charge in [-0.3, -0.25) is 9.69 Å². The molecule has 2 atom stereocenters. The lowest BCUT2D eigenvalue weighted by molar-refractivity contribution is 0.169. The fourth-order valence-corrected chi connectivity index (χ4v) is 3.39. The molecule has 1 aliphatic heterocycles. The van der Waals surface area contributed by atoms with Crippen LogP contribution >= 0.6 is 0 Å². The van der Waals surface area contributed by atoms with E-state index in [4.69, 9.17) is 0 Å². The summed E-state index contributed by atoms with van der Waals surface area (Å²) in [4.78, 5) is 14.3. The minimum atomic E-state index is -0.257. The molecule has 2 unspecified atom stereocenters. The van der Waals surface area contributed by atoms with Crippen LogP contribution in [0.5, 0.6) is 5.75 Å². The molecule has 0 aromatic carbocycles. The van der Waals surface area contributed by atoms with E-state index < -0.39 is 0 Å². The van der Waals surface area contributed by atoms with Crippen molar-refractivity contribution >= 4 is 0 Å². The Labute approximate surface area is 127 Å². The third-order valence-electron chi connectivity index (χ3n) is 4.66. The number of hydrogen-bond acceptors (Lipinski definition) is 3. The molecule has 0 bridgehead atoms. The van der Waals surface area contributed by atoms with Crippen LogP contribution in [0.1, 0.15) is 57.5 Å². The lowest BCUT2D eigenvalue weighted by atomic mass is 10.00. The van der Waals surface area contributed by atoms with Crippen molar-refractivity contribution in [3.63, 3.8) is 0 Å². The molecule has 2 heterocycles. The maximum atomic E-state index is 11.9. The summed E-state index contributed by atoms with van der Waals surface area (Å²) >= 11 is 0. The zero-order valence-corrected chi connectivity index (χ0v) is 13.7. The molecule has 0 spiro atoms. The predicted molar refractivity (Wildman–Crippen MR) is 85.8 cm³/mol. The van der Waals surface area contributed by atoms with Gasteiger partial charge in [-0.1, -0.05) is 13.8 Å². The van der Waals surface area contributed by atoms with Gasteiger partial charge in [0.25, 0.3) is 0 Å². The third kappa shape index (κ3) is 3.49. The van der Waals surface area contributed by atoms with Gasteiger partial charge >= 0.3 is 0 Å². The number of aryl methyl sites for hydroxylation is 1. The highest BCUT2D eigenvalue weighted by Gasteiger charge is 2.22. The SMILES string of the molecule is CCC(C)n1c(C)cc(=O)c(O)c1CN1CCCC(C)C1. The highest BCUT2D eigenvalue weighted by Crippen LogP contribution is 2.25. The van der Waals surface area contributed by atoms with Crippen molar-refractivity contribution in [2.24, 2.45) is 5.92 Å². The molecular weight excluding hydrogens is 264 g/mol. The number of aromatic nitrogens is 1. The molecule has 0 amide bonds. The summed E-state index contributed by atoms with van der Waals surface area (Å²) in [6.45, 7) is 11.2. The molecule has 1 aliphatic rings. The number of aromatic hydroxyl groups is 1. The molecule has 118 valence electrons. The van der Waals surface area contributed by atoms with Crippen LogP contribution in [-0.2, 0) is 6.54 Å². The smallest absolute Gasteiger partial charge is 0.223 e. The zero-order valence-electron chi connectivity index (χ0n) is 13.7. The van der Waals surface area contributed by atoms with Gasteiger partial charge in [0.15, 0.2) is 5.75 Å². The summed E-state index contributed by atoms with van der Waals surface area (Å²) in [6, 6.07) is 1.83. The van der Waals surface area contributed by atoms with E-state index in [2.05, 4.69) is 30.2 Å². The molecule has 2 rings (SSSR count). The fraction of sp³-hybridized carbons (Fsp3) is 0.706. The van der Waals surface area contributed by atoms with Crippen LogP contribution in [-0.4, -0.2) is 27.7 Å². The Morgan fingerprint density at radius 2 is 2.19 bits per heavy atom. The summed E-state index contributed by atoms with van der Waals surface area (Å²) in [5.41, 5.74) is 1.46. The molecular formula is C17H28N2O2. The second kappa shape index (κ2) is 6.65. The molecule has 4 nitrogen and oxygen atoms in total. The van der Waals surface area contributed by atoms with Gasteiger partial charge in [-0.25, -0.2) is 0 Å². The van der Waals surface area contributed by atoms with Gasteiger partial charge in [0.1, 0.15) is 0 Å². The molecule has 4 heteroatoms. The maximum Gasteiger partial charge on any atom is 0.223 e. The second-order valence-electron chi connectivity index (χ2n) is 6.56. The maximum absolute atomic E-state index is 11.9. The first-order valence-corrected chi connectivity index (χ1v) is 8.10. The van der Waals surface area contributed by atoms with Gasteiger partial charge < -0.3 is 9.67 Å². The zero-order chi connectivity index (χ0) is 15.6. The van der Waals surface area contributed by atoms with Gasteiger partial charge in [-0.2, -0.15) is 0 Å². The van der Waals surface area contributed by atoms with Crippen molar-refractivity contribution in [3.8, 4) is 5.75 Å². The predicted octanol–water partition coefficient (Wildman–Crippen LogP) is 3.07. The first kappa shape index (κ1) is 16.1. The Morgan fingerprint density at radius 1 is 1.48 bits per heavy atom. The Bertz CT molecular complexity index is 550. The average Bonchev–Trinajstić information content (AvgIpc) is 2.44. The van der Waals surface area contributed by atoms with E-state index in [1.165, 1.54) is 12.8 Å². The van der Waals surface area contributed by atoms with Gasteiger partial charge in [-0.05, 0) is 45.6 Å². The van der Waals surface area contributed by atoms with E-state index in [-0.39, 0.29) is 17.2 Å². The van der Waals surface area contributed by atoms with E-state index >= 15 is 0 Å².